The Labute approximate surface area is 85.9 Å². The topological polar surface area (TPSA) is 74.2 Å². The fraction of sp³-hybridized carbons (Fsp3) is 0.200. The number of rotatable bonds is 1. The van der Waals surface area contributed by atoms with Crippen molar-refractivity contribution in [2.24, 2.45) is 0 Å². The number of hydrogen-bond donors (Lipinski definition) is 1. The second-order valence-electron chi connectivity index (χ2n) is 3.41. The maximum Gasteiger partial charge on any atom is 0.269 e. The monoisotopic (exact) mass is 203 g/mol. The predicted molar refractivity (Wildman–Crippen MR) is 52.2 cm³/mol. The molecule has 5 nitrogen and oxygen atoms in total. The molecule has 0 bridgehead atoms. The lowest BCUT2D eigenvalue weighted by atomic mass is 10.1. The molecule has 0 saturated carbocycles. The molecule has 3 rings (SSSR count). The van der Waals surface area contributed by atoms with E-state index in [0.29, 0.717) is 5.89 Å². The number of aromatic nitrogens is 2. The largest absolute Gasteiger partial charge is 0.480 e. The van der Waals surface area contributed by atoms with Crippen LogP contribution in [0.25, 0.3) is 0 Å². The first kappa shape index (κ1) is 8.28. The van der Waals surface area contributed by atoms with Crippen LogP contribution in [0.3, 0.4) is 0 Å². The van der Waals surface area contributed by atoms with Crippen molar-refractivity contribution < 1.29 is 9.26 Å². The Morgan fingerprint density at radius 2 is 2.20 bits per heavy atom. The Bertz CT molecular complexity index is 470. The van der Waals surface area contributed by atoms with Gasteiger partial charge in [-0.05, 0) is 16.8 Å². The number of para-hydroxylation sites is 1. The molecule has 2 heterocycles. The molecule has 15 heavy (non-hydrogen) atoms. The van der Waals surface area contributed by atoms with Gasteiger partial charge in [-0.25, -0.2) is 0 Å². The molecule has 0 fully saturated rings. The quantitative estimate of drug-likeness (QED) is 0.756. The number of ether oxygens (including phenoxy) is 1. The number of benzene rings is 1. The summed E-state index contributed by atoms with van der Waals surface area (Å²) < 4.78 is 10.6. The van der Waals surface area contributed by atoms with E-state index in [1.807, 2.05) is 24.3 Å². The van der Waals surface area contributed by atoms with Crippen LogP contribution in [0.1, 0.15) is 17.6 Å². The zero-order valence-corrected chi connectivity index (χ0v) is 7.88. The number of nitrogens with zero attached hydrogens (tertiary/aromatic N) is 2. The fourth-order valence-corrected chi connectivity index (χ4v) is 1.70. The van der Waals surface area contributed by atoms with Gasteiger partial charge < -0.3 is 15.0 Å². The van der Waals surface area contributed by atoms with Crippen LogP contribution in [0, 0.1) is 0 Å². The van der Waals surface area contributed by atoms with Gasteiger partial charge in [0, 0.05) is 6.42 Å². The van der Waals surface area contributed by atoms with Crippen molar-refractivity contribution in [3.63, 3.8) is 0 Å². The Morgan fingerprint density at radius 1 is 1.33 bits per heavy atom. The zero-order valence-electron chi connectivity index (χ0n) is 7.88. The first-order chi connectivity index (χ1) is 7.33. The normalized spacial score (nSPS) is 18.5. The van der Waals surface area contributed by atoms with E-state index in [1.54, 1.807) is 0 Å². The first-order valence-electron chi connectivity index (χ1n) is 4.66. The molecule has 2 aromatic rings. The molecule has 1 aliphatic heterocycles. The summed E-state index contributed by atoms with van der Waals surface area (Å²) in [6.07, 6.45) is 0.546. The van der Waals surface area contributed by atoms with E-state index in [-0.39, 0.29) is 12.1 Å². The van der Waals surface area contributed by atoms with Gasteiger partial charge in [0.2, 0.25) is 0 Å². The van der Waals surface area contributed by atoms with Gasteiger partial charge in [0.15, 0.2) is 6.10 Å². The van der Waals surface area contributed by atoms with Crippen LogP contribution in [0.15, 0.2) is 28.8 Å². The van der Waals surface area contributed by atoms with Gasteiger partial charge in [0.25, 0.3) is 11.8 Å². The number of nitrogens with two attached hydrogens (primary N) is 1. The lowest BCUT2D eigenvalue weighted by molar-refractivity contribution is 0.183. The van der Waals surface area contributed by atoms with Crippen molar-refractivity contribution in [2.45, 2.75) is 12.5 Å². The Kier molecular flexibility index (Phi) is 1.65. The van der Waals surface area contributed by atoms with Gasteiger partial charge in [-0.15, -0.1) is 0 Å². The average molecular weight is 203 g/mol. The highest BCUT2D eigenvalue weighted by molar-refractivity contribution is 5.37. The molecule has 0 spiro atoms. The molecule has 0 saturated heterocycles. The second-order valence-corrected chi connectivity index (χ2v) is 3.41. The van der Waals surface area contributed by atoms with Crippen LogP contribution < -0.4 is 10.5 Å². The zero-order chi connectivity index (χ0) is 10.3. The van der Waals surface area contributed by atoms with Gasteiger partial charge in [-0.3, -0.25) is 0 Å². The van der Waals surface area contributed by atoms with Crippen LogP contribution in [0.4, 0.5) is 5.95 Å². The molecule has 2 N–H and O–H groups in total. The SMILES string of the molecule is Nc1noc(C2Cc3ccccc3O2)n1. The van der Waals surface area contributed by atoms with Crippen molar-refractivity contribution in [3.8, 4) is 5.75 Å². The molecule has 0 amide bonds. The summed E-state index contributed by atoms with van der Waals surface area (Å²) in [5.74, 6) is 1.45. The lowest BCUT2D eigenvalue weighted by Crippen LogP contribution is -2.03. The van der Waals surface area contributed by atoms with E-state index in [9.17, 15) is 0 Å². The number of nitrogen functional groups attached to an aromatic ring is 1. The Balaban J connectivity index is 1.90. The summed E-state index contributed by atoms with van der Waals surface area (Å²) in [6, 6.07) is 7.86. The van der Waals surface area contributed by atoms with Crippen molar-refractivity contribution in [2.75, 3.05) is 5.73 Å². The standard InChI is InChI=1S/C10H9N3O2/c11-10-12-9(15-13-10)8-5-6-3-1-2-4-7(6)14-8/h1-4,8H,5H2,(H2,11,13). The third kappa shape index (κ3) is 1.32. The van der Waals surface area contributed by atoms with Crippen molar-refractivity contribution in [1.29, 1.82) is 0 Å². The van der Waals surface area contributed by atoms with Crippen LogP contribution in [0.2, 0.25) is 0 Å². The van der Waals surface area contributed by atoms with Gasteiger partial charge in [-0.2, -0.15) is 4.98 Å². The summed E-state index contributed by atoms with van der Waals surface area (Å²) in [7, 11) is 0. The molecule has 76 valence electrons. The molecule has 0 aliphatic carbocycles. The van der Waals surface area contributed by atoms with Crippen molar-refractivity contribution in [1.82, 2.24) is 10.1 Å². The molecule has 1 aromatic carbocycles. The third-order valence-corrected chi connectivity index (χ3v) is 2.38. The molecule has 1 atom stereocenters. The minimum Gasteiger partial charge on any atom is -0.480 e. The van der Waals surface area contributed by atoms with E-state index in [2.05, 4.69) is 10.1 Å². The highest BCUT2D eigenvalue weighted by Gasteiger charge is 2.28. The third-order valence-electron chi connectivity index (χ3n) is 2.38. The summed E-state index contributed by atoms with van der Waals surface area (Å²) in [6.45, 7) is 0. The lowest BCUT2D eigenvalue weighted by Gasteiger charge is -2.03. The highest BCUT2D eigenvalue weighted by atomic mass is 16.5. The van der Waals surface area contributed by atoms with Gasteiger partial charge in [0.05, 0.1) is 0 Å². The number of hydrogen-bond acceptors (Lipinski definition) is 5. The molecule has 5 heteroatoms. The second kappa shape index (κ2) is 2.98. The summed E-state index contributed by atoms with van der Waals surface area (Å²) in [5, 5.41) is 3.54. The minimum atomic E-state index is -0.202. The average Bonchev–Trinajstić information content (AvgIpc) is 2.82. The van der Waals surface area contributed by atoms with Crippen LogP contribution >= 0.6 is 0 Å². The van der Waals surface area contributed by atoms with Crippen LogP contribution in [0.5, 0.6) is 5.75 Å². The molecular formula is C10H9N3O2. The molecule has 1 aliphatic rings. The van der Waals surface area contributed by atoms with E-state index < -0.39 is 0 Å². The van der Waals surface area contributed by atoms with E-state index in [4.69, 9.17) is 15.0 Å². The van der Waals surface area contributed by atoms with Crippen LogP contribution in [-0.4, -0.2) is 10.1 Å². The van der Waals surface area contributed by atoms with Crippen LogP contribution in [-0.2, 0) is 6.42 Å². The van der Waals surface area contributed by atoms with Gasteiger partial charge in [-0.1, -0.05) is 18.2 Å². The van der Waals surface area contributed by atoms with E-state index in [0.717, 1.165) is 17.7 Å². The van der Waals surface area contributed by atoms with Gasteiger partial charge in [0.1, 0.15) is 5.75 Å². The first-order valence-corrected chi connectivity index (χ1v) is 4.66. The Morgan fingerprint density at radius 3 is 2.93 bits per heavy atom. The maximum absolute atomic E-state index is 5.65. The number of anilines is 1. The number of fused-ring (bicyclic) bond motifs is 1. The molecule has 1 aromatic heterocycles. The molecule has 0 radical (unpaired) electrons. The van der Waals surface area contributed by atoms with Crippen molar-refractivity contribution >= 4 is 5.95 Å². The summed E-state index contributed by atoms with van der Waals surface area (Å²) >= 11 is 0. The maximum atomic E-state index is 5.65. The smallest absolute Gasteiger partial charge is 0.269 e. The highest BCUT2D eigenvalue weighted by Crippen LogP contribution is 2.35. The van der Waals surface area contributed by atoms with E-state index >= 15 is 0 Å². The fourth-order valence-electron chi connectivity index (χ4n) is 1.70. The summed E-state index contributed by atoms with van der Waals surface area (Å²) in [4.78, 5) is 3.95. The summed E-state index contributed by atoms with van der Waals surface area (Å²) in [5.41, 5.74) is 6.53. The van der Waals surface area contributed by atoms with E-state index in [1.165, 1.54) is 0 Å². The minimum absolute atomic E-state index is 0.143. The molecular weight excluding hydrogens is 194 g/mol. The van der Waals surface area contributed by atoms with Gasteiger partial charge >= 0.3 is 0 Å². The van der Waals surface area contributed by atoms with Crippen molar-refractivity contribution in [3.05, 3.63) is 35.7 Å². The Hall–Kier alpha value is -2.04. The molecule has 1 unspecified atom stereocenters. The predicted octanol–water partition coefficient (Wildman–Crippen LogP) is 1.33.